The van der Waals surface area contributed by atoms with Crippen molar-refractivity contribution in [1.29, 1.82) is 0 Å². The number of methoxy groups -OCH3 is 1. The molecule has 1 atom stereocenters. The largest absolute Gasteiger partial charge is 0.497 e. The normalized spacial score (nSPS) is 11.9. The molecule has 3 aromatic rings. The van der Waals surface area contributed by atoms with Gasteiger partial charge in [0, 0.05) is 24.2 Å². The fourth-order valence-electron chi connectivity index (χ4n) is 3.87. The zero-order valence-electron chi connectivity index (χ0n) is 21.8. The summed E-state index contributed by atoms with van der Waals surface area (Å²) in [5, 5.41) is 3.22. The highest BCUT2D eigenvalue weighted by molar-refractivity contribution is 7.92. The van der Waals surface area contributed by atoms with Crippen molar-refractivity contribution >= 4 is 39.1 Å². The van der Waals surface area contributed by atoms with E-state index >= 15 is 0 Å². The number of sulfonamides is 1. The van der Waals surface area contributed by atoms with Crippen molar-refractivity contribution in [3.63, 3.8) is 0 Å². The molecular formula is C28H32ClN3O5S. The van der Waals surface area contributed by atoms with Gasteiger partial charge in [-0.15, -0.1) is 0 Å². The number of carbonyl (C=O) groups is 2. The average Bonchev–Trinajstić information content (AvgIpc) is 2.90. The fourth-order valence-corrected chi connectivity index (χ4v) is 5.49. The summed E-state index contributed by atoms with van der Waals surface area (Å²) in [5.41, 5.74) is 1.86. The van der Waals surface area contributed by atoms with E-state index in [4.69, 9.17) is 16.3 Å². The predicted molar refractivity (Wildman–Crippen MR) is 149 cm³/mol. The molecule has 3 rings (SSSR count). The summed E-state index contributed by atoms with van der Waals surface area (Å²) in [6.07, 6.45) is 0. The number of nitrogens with zero attached hydrogens (tertiary/aromatic N) is 2. The van der Waals surface area contributed by atoms with Crippen LogP contribution in [0.25, 0.3) is 0 Å². The minimum atomic E-state index is -4.15. The minimum Gasteiger partial charge on any atom is -0.497 e. The first-order valence-electron chi connectivity index (χ1n) is 12.1. The van der Waals surface area contributed by atoms with E-state index in [1.165, 1.54) is 24.1 Å². The molecule has 2 amide bonds. The molecule has 10 heteroatoms. The molecule has 0 unspecified atom stereocenters. The molecule has 202 valence electrons. The first kappa shape index (κ1) is 29.0. The Bertz CT molecular complexity index is 1380. The molecule has 0 saturated heterocycles. The van der Waals surface area contributed by atoms with Crippen molar-refractivity contribution in [2.24, 2.45) is 0 Å². The summed E-state index contributed by atoms with van der Waals surface area (Å²) in [6.45, 7) is 5.17. The highest BCUT2D eigenvalue weighted by Crippen LogP contribution is 2.28. The Hall–Kier alpha value is -3.56. The Labute approximate surface area is 229 Å². The van der Waals surface area contributed by atoms with Crippen LogP contribution in [0.1, 0.15) is 25.0 Å². The van der Waals surface area contributed by atoms with Crippen molar-refractivity contribution in [2.75, 3.05) is 24.5 Å². The van der Waals surface area contributed by atoms with Crippen LogP contribution >= 0.6 is 11.6 Å². The summed E-state index contributed by atoms with van der Waals surface area (Å²) in [6, 6.07) is 19.0. The Morgan fingerprint density at radius 2 is 1.71 bits per heavy atom. The van der Waals surface area contributed by atoms with Crippen LogP contribution in [-0.2, 0) is 26.2 Å². The number of rotatable bonds is 11. The maximum absolute atomic E-state index is 13.8. The summed E-state index contributed by atoms with van der Waals surface area (Å²) >= 11 is 6.15. The van der Waals surface area contributed by atoms with Gasteiger partial charge in [0.1, 0.15) is 18.3 Å². The molecule has 0 heterocycles. The number of hydrogen-bond acceptors (Lipinski definition) is 5. The number of anilines is 1. The summed E-state index contributed by atoms with van der Waals surface area (Å²) in [4.78, 5) is 28.0. The smallest absolute Gasteiger partial charge is 0.264 e. The molecule has 3 aromatic carbocycles. The standard InChI is InChI=1S/C28H32ClN3O5S/c1-5-30-28(34)21(3)31(18-22-8-6-9-23(29)16-22)27(33)19-32(24-10-7-11-25(17-24)37-4)38(35,36)26-14-12-20(2)13-15-26/h6-17,21H,5,18-19H2,1-4H3,(H,30,34)/t21-/m0/s1. The van der Waals surface area contributed by atoms with Gasteiger partial charge in [-0.25, -0.2) is 8.42 Å². The van der Waals surface area contributed by atoms with Gasteiger partial charge in [0.25, 0.3) is 10.0 Å². The van der Waals surface area contributed by atoms with Gasteiger partial charge in [-0.3, -0.25) is 13.9 Å². The second-order valence-electron chi connectivity index (χ2n) is 8.75. The third kappa shape index (κ3) is 7.05. The lowest BCUT2D eigenvalue weighted by Gasteiger charge is -2.32. The minimum absolute atomic E-state index is 0.0388. The Balaban J connectivity index is 2.05. The number of likely N-dealkylation sites (N-methyl/N-ethyl adjacent to an activating group) is 1. The quantitative estimate of drug-likeness (QED) is 0.377. The van der Waals surface area contributed by atoms with Crippen molar-refractivity contribution in [1.82, 2.24) is 10.2 Å². The van der Waals surface area contributed by atoms with Gasteiger partial charge in [-0.05, 0) is 62.7 Å². The summed E-state index contributed by atoms with van der Waals surface area (Å²) < 4.78 is 34.0. The van der Waals surface area contributed by atoms with E-state index in [2.05, 4.69) is 5.32 Å². The second-order valence-corrected chi connectivity index (χ2v) is 11.0. The van der Waals surface area contributed by atoms with E-state index < -0.39 is 28.5 Å². The molecule has 0 radical (unpaired) electrons. The maximum Gasteiger partial charge on any atom is 0.264 e. The molecule has 0 bridgehead atoms. The Morgan fingerprint density at radius 3 is 2.34 bits per heavy atom. The lowest BCUT2D eigenvalue weighted by atomic mass is 10.1. The number of carbonyl (C=O) groups excluding carboxylic acids is 2. The number of benzene rings is 3. The lowest BCUT2D eigenvalue weighted by molar-refractivity contribution is -0.139. The summed E-state index contributed by atoms with van der Waals surface area (Å²) in [7, 11) is -2.68. The molecule has 0 aromatic heterocycles. The van der Waals surface area contributed by atoms with Crippen molar-refractivity contribution in [3.05, 3.63) is 88.9 Å². The van der Waals surface area contributed by atoms with Gasteiger partial charge in [0.2, 0.25) is 11.8 Å². The first-order chi connectivity index (χ1) is 18.1. The van der Waals surface area contributed by atoms with E-state index in [-0.39, 0.29) is 23.0 Å². The van der Waals surface area contributed by atoms with E-state index in [0.717, 1.165) is 9.87 Å². The highest BCUT2D eigenvalue weighted by atomic mass is 35.5. The zero-order chi connectivity index (χ0) is 27.9. The molecule has 0 aliphatic heterocycles. The van der Waals surface area contributed by atoms with Crippen molar-refractivity contribution in [3.8, 4) is 5.75 Å². The number of hydrogen-bond donors (Lipinski definition) is 1. The van der Waals surface area contributed by atoms with Gasteiger partial charge >= 0.3 is 0 Å². The second kappa shape index (κ2) is 12.8. The molecule has 8 nitrogen and oxygen atoms in total. The number of ether oxygens (including phenoxy) is 1. The van der Waals surface area contributed by atoms with Crippen LogP contribution in [-0.4, -0.2) is 51.4 Å². The molecular weight excluding hydrogens is 526 g/mol. The number of amides is 2. The van der Waals surface area contributed by atoms with Gasteiger partial charge in [0.15, 0.2) is 0 Å². The van der Waals surface area contributed by atoms with E-state index in [1.807, 2.05) is 6.92 Å². The fraction of sp³-hybridized carbons (Fsp3) is 0.286. The molecule has 0 saturated carbocycles. The van der Waals surface area contributed by atoms with Crippen LogP contribution in [0.4, 0.5) is 5.69 Å². The number of aryl methyl sites for hydroxylation is 1. The topological polar surface area (TPSA) is 96.0 Å². The SMILES string of the molecule is CCNC(=O)[C@H](C)N(Cc1cccc(Cl)c1)C(=O)CN(c1cccc(OC)c1)S(=O)(=O)c1ccc(C)cc1. The van der Waals surface area contributed by atoms with Gasteiger partial charge < -0.3 is 15.0 Å². The number of nitrogens with one attached hydrogen (secondary N) is 1. The van der Waals surface area contributed by atoms with Gasteiger partial charge in [0.05, 0.1) is 17.7 Å². The molecule has 38 heavy (non-hydrogen) atoms. The van der Waals surface area contributed by atoms with Crippen LogP contribution in [0.3, 0.4) is 0 Å². The molecule has 0 aliphatic carbocycles. The van der Waals surface area contributed by atoms with Crippen LogP contribution in [0.2, 0.25) is 5.02 Å². The van der Waals surface area contributed by atoms with Crippen molar-refractivity contribution in [2.45, 2.75) is 38.3 Å². The maximum atomic E-state index is 13.8. The third-order valence-electron chi connectivity index (χ3n) is 5.99. The average molecular weight is 558 g/mol. The number of halogens is 1. The first-order valence-corrected chi connectivity index (χ1v) is 13.9. The highest BCUT2D eigenvalue weighted by Gasteiger charge is 2.32. The van der Waals surface area contributed by atoms with Crippen molar-refractivity contribution < 1.29 is 22.7 Å². The van der Waals surface area contributed by atoms with Crippen LogP contribution in [0.15, 0.2) is 77.7 Å². The molecule has 1 N–H and O–H groups in total. The zero-order valence-corrected chi connectivity index (χ0v) is 23.4. The van der Waals surface area contributed by atoms with Gasteiger partial charge in [-0.2, -0.15) is 0 Å². The molecule has 0 spiro atoms. The Kier molecular flexibility index (Phi) is 9.77. The molecule has 0 fully saturated rings. The third-order valence-corrected chi connectivity index (χ3v) is 8.01. The van der Waals surface area contributed by atoms with E-state index in [9.17, 15) is 18.0 Å². The lowest BCUT2D eigenvalue weighted by Crippen LogP contribution is -2.51. The van der Waals surface area contributed by atoms with Gasteiger partial charge in [-0.1, -0.05) is 47.5 Å². The monoisotopic (exact) mass is 557 g/mol. The molecule has 0 aliphatic rings. The van der Waals surface area contributed by atoms with Crippen LogP contribution < -0.4 is 14.4 Å². The predicted octanol–water partition coefficient (Wildman–Crippen LogP) is 4.41. The van der Waals surface area contributed by atoms with Crippen LogP contribution in [0.5, 0.6) is 5.75 Å². The van der Waals surface area contributed by atoms with E-state index in [1.54, 1.807) is 74.5 Å². The van der Waals surface area contributed by atoms with E-state index in [0.29, 0.717) is 22.9 Å². The Morgan fingerprint density at radius 1 is 1.03 bits per heavy atom. The van der Waals surface area contributed by atoms with Crippen LogP contribution in [0, 0.1) is 6.92 Å². The summed E-state index contributed by atoms with van der Waals surface area (Å²) in [5.74, 6) is -0.468.